The van der Waals surface area contributed by atoms with Crippen molar-refractivity contribution in [3.8, 4) is 0 Å². The molecule has 1 saturated heterocycles. The lowest BCUT2D eigenvalue weighted by Gasteiger charge is -2.24. The van der Waals surface area contributed by atoms with Gasteiger partial charge in [0.25, 0.3) is 0 Å². The van der Waals surface area contributed by atoms with Crippen molar-refractivity contribution < 1.29 is 0 Å². The summed E-state index contributed by atoms with van der Waals surface area (Å²) in [5, 5.41) is 4.27. The number of anilines is 1. The fourth-order valence-electron chi connectivity index (χ4n) is 3.53. The summed E-state index contributed by atoms with van der Waals surface area (Å²) in [5.74, 6) is 0.825. The third-order valence-electron chi connectivity index (χ3n) is 4.70. The zero-order valence-corrected chi connectivity index (χ0v) is 13.8. The number of para-hydroxylation sites is 1. The van der Waals surface area contributed by atoms with Gasteiger partial charge in [-0.25, -0.2) is 4.98 Å². The second-order valence-corrected chi connectivity index (χ2v) is 6.20. The first-order chi connectivity index (χ1) is 11.8. The number of pyridine rings is 1. The van der Waals surface area contributed by atoms with E-state index >= 15 is 0 Å². The Hall–Kier alpha value is -2.53. The minimum Gasteiger partial charge on any atom is -0.372 e. The highest BCUT2D eigenvalue weighted by Gasteiger charge is 2.28. The van der Waals surface area contributed by atoms with E-state index in [0.717, 1.165) is 36.5 Å². The number of nitrogens with one attached hydrogen (secondary N) is 1. The number of fused-ring (bicyclic) bond motifs is 1. The Morgan fingerprint density at radius 3 is 3.04 bits per heavy atom. The summed E-state index contributed by atoms with van der Waals surface area (Å²) in [7, 11) is 1.88. The molecule has 1 fully saturated rings. The summed E-state index contributed by atoms with van der Waals surface area (Å²) in [5.41, 5.74) is 3.42. The molecule has 1 aliphatic heterocycles. The lowest BCUT2D eigenvalue weighted by Crippen LogP contribution is -2.24. The summed E-state index contributed by atoms with van der Waals surface area (Å²) in [6.07, 6.45) is 7.84. The molecule has 1 atom stereocenters. The van der Waals surface area contributed by atoms with Crippen LogP contribution in [-0.4, -0.2) is 33.4 Å². The fourth-order valence-corrected chi connectivity index (χ4v) is 3.53. The van der Waals surface area contributed by atoms with Crippen LogP contribution >= 0.6 is 0 Å². The number of benzene rings is 1. The molecule has 0 amide bonds. The molecule has 2 aromatic heterocycles. The molecule has 0 radical (unpaired) electrons. The van der Waals surface area contributed by atoms with Crippen molar-refractivity contribution in [2.24, 2.45) is 0 Å². The van der Waals surface area contributed by atoms with Crippen molar-refractivity contribution in [1.29, 1.82) is 0 Å². The standard InChI is InChI=1S/C19H21N5/c1-20-18-12-21-11-16(23-18)17-8-4-10-24(17)13-15-6-2-5-14-7-3-9-22-19(14)15/h2-3,5-7,9,11-12,17H,4,8,10,13H2,1H3,(H,20,23)/t17-/m1/s1. The van der Waals surface area contributed by atoms with Crippen LogP contribution in [0.2, 0.25) is 0 Å². The van der Waals surface area contributed by atoms with Crippen molar-refractivity contribution in [1.82, 2.24) is 19.9 Å². The number of hydrogen-bond donors (Lipinski definition) is 1. The lowest BCUT2D eigenvalue weighted by atomic mass is 10.1. The Bertz CT molecular complexity index is 843. The summed E-state index contributed by atoms with van der Waals surface area (Å²) >= 11 is 0. The molecule has 24 heavy (non-hydrogen) atoms. The SMILES string of the molecule is CNc1cncc([C@H]2CCCN2Cc2cccc3cccnc23)n1. The van der Waals surface area contributed by atoms with Crippen molar-refractivity contribution in [2.45, 2.75) is 25.4 Å². The van der Waals surface area contributed by atoms with Crippen LogP contribution < -0.4 is 5.32 Å². The molecule has 3 aromatic rings. The largest absolute Gasteiger partial charge is 0.372 e. The van der Waals surface area contributed by atoms with Crippen LogP contribution in [-0.2, 0) is 6.54 Å². The molecule has 0 spiro atoms. The van der Waals surface area contributed by atoms with Crippen LogP contribution in [0.4, 0.5) is 5.82 Å². The zero-order chi connectivity index (χ0) is 16.4. The molecule has 1 N–H and O–H groups in total. The van der Waals surface area contributed by atoms with Gasteiger partial charge in [-0.2, -0.15) is 0 Å². The third-order valence-corrected chi connectivity index (χ3v) is 4.70. The summed E-state index contributed by atoms with van der Waals surface area (Å²) in [4.78, 5) is 16.1. The molecule has 0 unspecified atom stereocenters. The average Bonchev–Trinajstić information content (AvgIpc) is 3.10. The molecule has 122 valence electrons. The van der Waals surface area contributed by atoms with Crippen LogP contribution in [0, 0.1) is 0 Å². The van der Waals surface area contributed by atoms with Crippen LogP contribution in [0.1, 0.15) is 30.1 Å². The van der Waals surface area contributed by atoms with Gasteiger partial charge in [0.1, 0.15) is 5.82 Å². The van der Waals surface area contributed by atoms with Gasteiger partial charge < -0.3 is 5.32 Å². The second-order valence-electron chi connectivity index (χ2n) is 6.20. The minimum atomic E-state index is 0.324. The lowest BCUT2D eigenvalue weighted by molar-refractivity contribution is 0.245. The third kappa shape index (κ3) is 2.83. The Balaban J connectivity index is 1.63. The molecule has 3 heterocycles. The first kappa shape index (κ1) is 15.0. The van der Waals surface area contributed by atoms with E-state index in [1.807, 2.05) is 25.5 Å². The molecular weight excluding hydrogens is 298 g/mol. The van der Waals surface area contributed by atoms with Gasteiger partial charge in [-0.3, -0.25) is 14.9 Å². The average molecular weight is 319 g/mol. The number of likely N-dealkylation sites (tertiary alicyclic amines) is 1. The second kappa shape index (κ2) is 6.53. The van der Waals surface area contributed by atoms with Crippen LogP contribution in [0.25, 0.3) is 10.9 Å². The molecule has 1 aromatic carbocycles. The highest BCUT2D eigenvalue weighted by Crippen LogP contribution is 2.33. The van der Waals surface area contributed by atoms with E-state index in [1.165, 1.54) is 17.4 Å². The van der Waals surface area contributed by atoms with Crippen LogP contribution in [0.5, 0.6) is 0 Å². The summed E-state index contributed by atoms with van der Waals surface area (Å²) < 4.78 is 0. The maximum absolute atomic E-state index is 4.70. The van der Waals surface area contributed by atoms with E-state index in [9.17, 15) is 0 Å². The molecule has 0 saturated carbocycles. The monoisotopic (exact) mass is 319 g/mol. The van der Waals surface area contributed by atoms with Gasteiger partial charge in [-0.15, -0.1) is 0 Å². The quantitative estimate of drug-likeness (QED) is 0.799. The molecule has 1 aliphatic rings. The van der Waals surface area contributed by atoms with Crippen molar-refractivity contribution in [2.75, 3.05) is 18.9 Å². The minimum absolute atomic E-state index is 0.324. The molecule has 4 rings (SSSR count). The number of rotatable bonds is 4. The molecule has 5 heteroatoms. The molecule has 0 bridgehead atoms. The van der Waals surface area contributed by atoms with E-state index in [4.69, 9.17) is 4.98 Å². The van der Waals surface area contributed by atoms with Gasteiger partial charge >= 0.3 is 0 Å². The molecular formula is C19H21N5. The first-order valence-electron chi connectivity index (χ1n) is 8.41. The highest BCUT2D eigenvalue weighted by atomic mass is 15.2. The van der Waals surface area contributed by atoms with E-state index in [2.05, 4.69) is 44.5 Å². The van der Waals surface area contributed by atoms with Crippen molar-refractivity contribution in [3.05, 3.63) is 60.2 Å². The van der Waals surface area contributed by atoms with Crippen molar-refractivity contribution in [3.63, 3.8) is 0 Å². The van der Waals surface area contributed by atoms with E-state index in [0.29, 0.717) is 6.04 Å². The summed E-state index contributed by atoms with van der Waals surface area (Å²) in [6.45, 7) is 1.98. The maximum atomic E-state index is 4.70. The fraction of sp³-hybridized carbons (Fsp3) is 0.316. The van der Waals surface area contributed by atoms with Crippen molar-refractivity contribution >= 4 is 16.7 Å². The van der Waals surface area contributed by atoms with Gasteiger partial charge in [-0.1, -0.05) is 24.3 Å². The van der Waals surface area contributed by atoms with Gasteiger partial charge in [0, 0.05) is 25.2 Å². The van der Waals surface area contributed by atoms with E-state index < -0.39 is 0 Å². The number of aromatic nitrogens is 3. The Labute approximate surface area is 141 Å². The topological polar surface area (TPSA) is 53.9 Å². The molecule has 5 nitrogen and oxygen atoms in total. The van der Waals surface area contributed by atoms with Crippen LogP contribution in [0.3, 0.4) is 0 Å². The predicted molar refractivity (Wildman–Crippen MR) is 95.7 cm³/mol. The molecule has 0 aliphatic carbocycles. The van der Waals surface area contributed by atoms with Gasteiger partial charge in [0.15, 0.2) is 0 Å². The van der Waals surface area contributed by atoms with E-state index in [1.54, 1.807) is 6.20 Å². The zero-order valence-electron chi connectivity index (χ0n) is 13.8. The Morgan fingerprint density at radius 1 is 1.21 bits per heavy atom. The number of hydrogen-bond acceptors (Lipinski definition) is 5. The smallest absolute Gasteiger partial charge is 0.144 e. The Morgan fingerprint density at radius 2 is 2.12 bits per heavy atom. The maximum Gasteiger partial charge on any atom is 0.144 e. The van der Waals surface area contributed by atoms with E-state index in [-0.39, 0.29) is 0 Å². The van der Waals surface area contributed by atoms with Crippen LogP contribution in [0.15, 0.2) is 48.9 Å². The Kier molecular flexibility index (Phi) is 4.09. The summed E-state index contributed by atoms with van der Waals surface area (Å²) in [6, 6.07) is 10.9. The van der Waals surface area contributed by atoms with Gasteiger partial charge in [0.05, 0.1) is 29.6 Å². The van der Waals surface area contributed by atoms with Gasteiger partial charge in [-0.05, 0) is 31.0 Å². The normalized spacial score (nSPS) is 18.1. The van der Waals surface area contributed by atoms with Gasteiger partial charge in [0.2, 0.25) is 0 Å². The predicted octanol–water partition coefficient (Wildman–Crippen LogP) is 3.40. The highest BCUT2D eigenvalue weighted by molar-refractivity contribution is 5.81. The number of nitrogens with zero attached hydrogens (tertiary/aromatic N) is 4. The first-order valence-corrected chi connectivity index (χ1v) is 8.41.